The molecular weight excluding hydrogens is 216 g/mol. The van der Waals surface area contributed by atoms with Gasteiger partial charge in [-0.3, -0.25) is 4.79 Å². The van der Waals surface area contributed by atoms with Gasteiger partial charge in [-0.2, -0.15) is 0 Å². The number of ether oxygens (including phenoxy) is 1. The first-order valence-electron chi connectivity index (χ1n) is 5.93. The molecule has 0 unspecified atom stereocenters. The summed E-state index contributed by atoms with van der Waals surface area (Å²) in [6.45, 7) is 0.122. The van der Waals surface area contributed by atoms with Crippen molar-refractivity contribution >= 4 is 11.6 Å². The van der Waals surface area contributed by atoms with Gasteiger partial charge >= 0.3 is 0 Å². The summed E-state index contributed by atoms with van der Waals surface area (Å²) < 4.78 is 5.39. The highest BCUT2D eigenvalue weighted by atomic mass is 16.5. The van der Waals surface area contributed by atoms with Gasteiger partial charge in [0.15, 0.2) is 6.61 Å². The molecule has 1 fully saturated rings. The van der Waals surface area contributed by atoms with Gasteiger partial charge in [-0.05, 0) is 37.0 Å². The van der Waals surface area contributed by atoms with Crippen LogP contribution >= 0.6 is 0 Å². The fraction of sp³-hybridized carbons (Fsp3) is 0.462. The quantitative estimate of drug-likeness (QED) is 0.795. The molecule has 0 bridgehead atoms. The first-order chi connectivity index (χ1) is 8.10. The van der Waals surface area contributed by atoms with Crippen LogP contribution in [0.1, 0.15) is 24.8 Å². The first-order valence-corrected chi connectivity index (χ1v) is 5.93. The van der Waals surface area contributed by atoms with E-state index in [2.05, 4.69) is 0 Å². The molecule has 0 atom stereocenters. The Labute approximate surface area is 100 Å². The average molecular weight is 232 g/mol. The summed E-state index contributed by atoms with van der Waals surface area (Å²) in [4.78, 5) is 13.2. The number of hydrogen-bond donors (Lipinski definition) is 1. The molecular formula is C13H16N2O2. The highest BCUT2D eigenvalue weighted by Gasteiger charge is 2.35. The lowest BCUT2D eigenvalue weighted by Crippen LogP contribution is -2.43. The predicted octanol–water partition coefficient (Wildman–Crippen LogP) is 1.38. The summed E-state index contributed by atoms with van der Waals surface area (Å²) in [6, 6.07) is 5.92. The Hall–Kier alpha value is -1.55. The van der Waals surface area contributed by atoms with E-state index in [1.54, 1.807) is 11.9 Å². The molecule has 1 aliphatic heterocycles. The van der Waals surface area contributed by atoms with Crippen LogP contribution in [-0.4, -0.2) is 19.6 Å². The molecule has 90 valence electrons. The molecule has 0 radical (unpaired) electrons. The average Bonchev–Trinajstić information content (AvgIpc) is 2.31. The summed E-state index contributed by atoms with van der Waals surface area (Å²) in [6.07, 6.45) is 3.22. The van der Waals surface area contributed by atoms with Crippen molar-refractivity contribution in [2.45, 2.75) is 24.8 Å². The maximum absolute atomic E-state index is 11.6. The molecule has 3 rings (SSSR count). The highest BCUT2D eigenvalue weighted by Crippen LogP contribution is 2.42. The van der Waals surface area contributed by atoms with Gasteiger partial charge < -0.3 is 15.4 Å². The molecule has 1 heterocycles. The molecule has 1 aromatic rings. The lowest BCUT2D eigenvalue weighted by atomic mass is 9.72. The molecule has 0 spiro atoms. The Kier molecular flexibility index (Phi) is 2.16. The first kappa shape index (κ1) is 10.6. The maximum Gasteiger partial charge on any atom is 0.264 e. The minimum atomic E-state index is -0.198. The van der Waals surface area contributed by atoms with Crippen LogP contribution in [-0.2, 0) is 10.3 Å². The number of likely N-dealkylation sites (N-methyl/N-ethyl adjacent to an activating group) is 1. The summed E-state index contributed by atoms with van der Waals surface area (Å²) >= 11 is 0. The molecule has 17 heavy (non-hydrogen) atoms. The second-order valence-corrected chi connectivity index (χ2v) is 4.93. The Morgan fingerprint density at radius 1 is 1.41 bits per heavy atom. The van der Waals surface area contributed by atoms with Crippen LogP contribution in [0.4, 0.5) is 5.69 Å². The van der Waals surface area contributed by atoms with Crippen LogP contribution < -0.4 is 15.4 Å². The molecule has 2 aliphatic rings. The lowest BCUT2D eigenvalue weighted by molar-refractivity contribution is -0.120. The third-order valence-corrected chi connectivity index (χ3v) is 3.87. The van der Waals surface area contributed by atoms with Crippen molar-refractivity contribution in [1.82, 2.24) is 0 Å². The van der Waals surface area contributed by atoms with Gasteiger partial charge in [0.1, 0.15) is 5.75 Å². The van der Waals surface area contributed by atoms with Crippen molar-refractivity contribution < 1.29 is 9.53 Å². The summed E-state index contributed by atoms with van der Waals surface area (Å²) in [5.41, 5.74) is 8.03. The number of anilines is 1. The molecule has 4 nitrogen and oxygen atoms in total. The Morgan fingerprint density at radius 2 is 2.18 bits per heavy atom. The van der Waals surface area contributed by atoms with E-state index in [1.807, 2.05) is 18.2 Å². The number of nitrogens with two attached hydrogens (primary N) is 1. The third-order valence-electron chi connectivity index (χ3n) is 3.87. The second kappa shape index (κ2) is 3.47. The van der Waals surface area contributed by atoms with Gasteiger partial charge in [0.2, 0.25) is 0 Å². The van der Waals surface area contributed by atoms with Gasteiger partial charge in [0.05, 0.1) is 5.69 Å². The second-order valence-electron chi connectivity index (χ2n) is 4.93. The van der Waals surface area contributed by atoms with Crippen molar-refractivity contribution in [3.05, 3.63) is 23.8 Å². The van der Waals surface area contributed by atoms with Crippen molar-refractivity contribution in [3.63, 3.8) is 0 Å². The van der Waals surface area contributed by atoms with E-state index < -0.39 is 0 Å². The van der Waals surface area contributed by atoms with E-state index in [4.69, 9.17) is 10.5 Å². The zero-order valence-electron chi connectivity index (χ0n) is 9.90. The highest BCUT2D eigenvalue weighted by molar-refractivity contribution is 5.97. The van der Waals surface area contributed by atoms with E-state index in [9.17, 15) is 4.79 Å². The zero-order valence-corrected chi connectivity index (χ0v) is 9.90. The molecule has 1 aliphatic carbocycles. The van der Waals surface area contributed by atoms with Crippen LogP contribution in [0.5, 0.6) is 5.75 Å². The van der Waals surface area contributed by atoms with Gasteiger partial charge in [0, 0.05) is 12.6 Å². The van der Waals surface area contributed by atoms with Gasteiger partial charge in [0.25, 0.3) is 5.91 Å². The number of nitrogens with zero attached hydrogens (tertiary/aromatic N) is 1. The predicted molar refractivity (Wildman–Crippen MR) is 65.1 cm³/mol. The van der Waals surface area contributed by atoms with Crippen molar-refractivity contribution in [1.29, 1.82) is 0 Å². The normalized spacial score (nSPS) is 21.5. The molecule has 4 heteroatoms. The van der Waals surface area contributed by atoms with E-state index in [0.717, 1.165) is 29.8 Å². The standard InChI is InChI=1S/C13H16N2O2/c1-15-10-7-9(13(14)5-2-6-13)3-4-11(10)17-8-12(15)16/h3-4,7H,2,5-6,8,14H2,1H3. The van der Waals surface area contributed by atoms with Crippen LogP contribution in [0.3, 0.4) is 0 Å². The lowest BCUT2D eigenvalue weighted by Gasteiger charge is -2.39. The van der Waals surface area contributed by atoms with E-state index >= 15 is 0 Å². The number of hydrogen-bond acceptors (Lipinski definition) is 3. The smallest absolute Gasteiger partial charge is 0.264 e. The zero-order chi connectivity index (χ0) is 12.0. The minimum absolute atomic E-state index is 0.0191. The summed E-state index contributed by atoms with van der Waals surface area (Å²) in [5.74, 6) is 0.744. The number of benzene rings is 1. The molecule has 1 saturated carbocycles. The largest absolute Gasteiger partial charge is 0.482 e. The molecule has 1 aromatic carbocycles. The Bertz CT molecular complexity index is 480. The van der Waals surface area contributed by atoms with Crippen molar-refractivity contribution in [2.24, 2.45) is 5.73 Å². The van der Waals surface area contributed by atoms with E-state index in [0.29, 0.717) is 0 Å². The van der Waals surface area contributed by atoms with Gasteiger partial charge in [-0.25, -0.2) is 0 Å². The monoisotopic (exact) mass is 232 g/mol. The number of carbonyl (C=O) groups excluding carboxylic acids is 1. The molecule has 2 N–H and O–H groups in total. The number of fused-ring (bicyclic) bond motifs is 1. The van der Waals surface area contributed by atoms with E-state index in [1.165, 1.54) is 6.42 Å². The third kappa shape index (κ3) is 1.52. The number of rotatable bonds is 1. The van der Waals surface area contributed by atoms with Gasteiger partial charge in [-0.15, -0.1) is 0 Å². The SMILES string of the molecule is CN1C(=O)COc2ccc(C3(N)CCC3)cc21. The molecule has 0 saturated heterocycles. The van der Waals surface area contributed by atoms with E-state index in [-0.39, 0.29) is 18.1 Å². The van der Waals surface area contributed by atoms with Crippen molar-refractivity contribution in [3.8, 4) is 5.75 Å². The number of carbonyl (C=O) groups is 1. The Morgan fingerprint density at radius 3 is 2.82 bits per heavy atom. The Balaban J connectivity index is 2.03. The maximum atomic E-state index is 11.6. The fourth-order valence-electron chi connectivity index (χ4n) is 2.43. The fourth-order valence-corrected chi connectivity index (χ4v) is 2.43. The van der Waals surface area contributed by atoms with Crippen LogP contribution in [0.2, 0.25) is 0 Å². The van der Waals surface area contributed by atoms with Crippen molar-refractivity contribution in [2.75, 3.05) is 18.6 Å². The number of amides is 1. The van der Waals surface area contributed by atoms with Crippen LogP contribution in [0, 0.1) is 0 Å². The minimum Gasteiger partial charge on any atom is -0.482 e. The van der Waals surface area contributed by atoms with Crippen LogP contribution in [0.25, 0.3) is 0 Å². The topological polar surface area (TPSA) is 55.6 Å². The molecule has 0 aromatic heterocycles. The summed E-state index contributed by atoms with van der Waals surface area (Å²) in [5, 5.41) is 0. The van der Waals surface area contributed by atoms with Gasteiger partial charge in [-0.1, -0.05) is 6.07 Å². The van der Waals surface area contributed by atoms with Crippen LogP contribution in [0.15, 0.2) is 18.2 Å². The summed E-state index contributed by atoms with van der Waals surface area (Å²) in [7, 11) is 1.78. The molecule has 1 amide bonds.